The molecule has 0 saturated heterocycles. The number of hydrogen-bond donors (Lipinski definition) is 2. The fraction of sp³-hybridized carbons (Fsp3) is 0.192. The molecular formula is C26H27N3O3S. The molecule has 0 unspecified atom stereocenters. The van der Waals surface area contributed by atoms with E-state index in [4.69, 9.17) is 17.0 Å². The van der Waals surface area contributed by atoms with Gasteiger partial charge in [0, 0.05) is 29.5 Å². The van der Waals surface area contributed by atoms with E-state index in [2.05, 4.69) is 24.5 Å². The van der Waals surface area contributed by atoms with Crippen molar-refractivity contribution >= 4 is 40.5 Å². The lowest BCUT2D eigenvalue weighted by atomic mass is 10.1. The van der Waals surface area contributed by atoms with Crippen LogP contribution in [0.15, 0.2) is 78.9 Å². The van der Waals surface area contributed by atoms with Gasteiger partial charge in [0.2, 0.25) is 0 Å². The first kappa shape index (κ1) is 23.9. The summed E-state index contributed by atoms with van der Waals surface area (Å²) < 4.78 is 5.63. The minimum atomic E-state index is -0.320. The Balaban J connectivity index is 1.54. The molecule has 3 rings (SSSR count). The lowest BCUT2D eigenvalue weighted by Crippen LogP contribution is -2.34. The minimum Gasteiger partial charge on any atom is -0.493 e. The molecule has 0 aromatic heterocycles. The molecule has 3 aromatic carbocycles. The Morgan fingerprint density at radius 1 is 0.909 bits per heavy atom. The summed E-state index contributed by atoms with van der Waals surface area (Å²) in [6, 6.07) is 23.2. The van der Waals surface area contributed by atoms with Gasteiger partial charge in [-0.3, -0.25) is 14.9 Å². The van der Waals surface area contributed by atoms with Crippen molar-refractivity contribution in [2.75, 3.05) is 23.9 Å². The summed E-state index contributed by atoms with van der Waals surface area (Å²) in [6.45, 7) is 4.77. The van der Waals surface area contributed by atoms with Crippen LogP contribution in [-0.2, 0) is 0 Å². The number of amides is 2. The third-order valence-corrected chi connectivity index (χ3v) is 4.97. The smallest absolute Gasteiger partial charge is 0.258 e. The van der Waals surface area contributed by atoms with Crippen LogP contribution < -0.4 is 20.3 Å². The van der Waals surface area contributed by atoms with E-state index in [0.717, 1.165) is 5.69 Å². The average Bonchev–Trinajstić information content (AvgIpc) is 2.83. The number of carbonyl (C=O) groups is 2. The molecule has 3 aromatic rings. The van der Waals surface area contributed by atoms with Crippen molar-refractivity contribution < 1.29 is 14.3 Å². The number of anilines is 2. The molecule has 0 saturated carbocycles. The third kappa shape index (κ3) is 6.89. The topological polar surface area (TPSA) is 70.7 Å². The molecule has 0 fully saturated rings. The van der Waals surface area contributed by atoms with E-state index in [9.17, 15) is 9.59 Å². The van der Waals surface area contributed by atoms with Gasteiger partial charge >= 0.3 is 0 Å². The summed E-state index contributed by atoms with van der Waals surface area (Å²) >= 11 is 5.26. The summed E-state index contributed by atoms with van der Waals surface area (Å²) in [5.74, 6) is 0.700. The molecule has 2 N–H and O–H groups in total. The van der Waals surface area contributed by atoms with Crippen LogP contribution in [0.1, 0.15) is 34.6 Å². The number of benzene rings is 3. The second kappa shape index (κ2) is 11.2. The maximum Gasteiger partial charge on any atom is 0.258 e. The van der Waals surface area contributed by atoms with Crippen molar-refractivity contribution in [1.82, 2.24) is 5.32 Å². The standard InChI is InChI=1S/C26H27N3O3S/c1-18(2)17-32-23-15-11-19(12-16-23)24(30)28-26(33)27-21-13-9-20(10-14-21)25(31)29(3)22-7-5-4-6-8-22/h4-16,18H,17H2,1-3H3,(H2,27,28,30,33). The summed E-state index contributed by atoms with van der Waals surface area (Å²) in [4.78, 5) is 26.7. The molecule has 0 aliphatic heterocycles. The predicted molar refractivity (Wildman–Crippen MR) is 136 cm³/mol. The van der Waals surface area contributed by atoms with Crippen LogP contribution >= 0.6 is 12.2 Å². The van der Waals surface area contributed by atoms with Crippen LogP contribution in [0.3, 0.4) is 0 Å². The normalized spacial score (nSPS) is 10.4. The monoisotopic (exact) mass is 461 g/mol. The summed E-state index contributed by atoms with van der Waals surface area (Å²) in [5.41, 5.74) is 2.49. The molecule has 7 heteroatoms. The van der Waals surface area contributed by atoms with Crippen LogP contribution in [0.25, 0.3) is 0 Å². The first-order chi connectivity index (χ1) is 15.8. The largest absolute Gasteiger partial charge is 0.493 e. The van der Waals surface area contributed by atoms with Gasteiger partial charge in [-0.2, -0.15) is 0 Å². The second-order valence-corrected chi connectivity index (χ2v) is 8.32. The Kier molecular flexibility index (Phi) is 8.16. The van der Waals surface area contributed by atoms with Crippen LogP contribution in [-0.4, -0.2) is 30.6 Å². The Labute approximate surface area is 199 Å². The minimum absolute atomic E-state index is 0.121. The highest BCUT2D eigenvalue weighted by atomic mass is 32.1. The molecule has 170 valence electrons. The predicted octanol–water partition coefficient (Wildman–Crippen LogP) is 5.12. The quantitative estimate of drug-likeness (QED) is 0.478. The molecule has 0 bridgehead atoms. The van der Waals surface area contributed by atoms with Gasteiger partial charge in [0.05, 0.1) is 6.61 Å². The number of nitrogens with zero attached hydrogens (tertiary/aromatic N) is 1. The van der Waals surface area contributed by atoms with Gasteiger partial charge in [0.15, 0.2) is 5.11 Å². The van der Waals surface area contributed by atoms with E-state index in [1.165, 1.54) is 0 Å². The van der Waals surface area contributed by atoms with Crippen molar-refractivity contribution in [3.05, 3.63) is 90.0 Å². The molecule has 2 amide bonds. The molecule has 0 spiro atoms. The van der Waals surface area contributed by atoms with Crippen molar-refractivity contribution in [3.8, 4) is 5.75 Å². The molecule has 0 atom stereocenters. The molecule has 6 nitrogen and oxygen atoms in total. The molecular weight excluding hydrogens is 434 g/mol. The summed E-state index contributed by atoms with van der Waals surface area (Å²) in [5, 5.41) is 5.79. The number of thiocarbonyl (C=S) groups is 1. The number of para-hydroxylation sites is 1. The van der Waals surface area contributed by atoms with E-state index in [1.54, 1.807) is 60.5 Å². The van der Waals surface area contributed by atoms with Crippen molar-refractivity contribution in [1.29, 1.82) is 0 Å². The third-order valence-electron chi connectivity index (χ3n) is 4.76. The van der Waals surface area contributed by atoms with Crippen LogP contribution in [0.5, 0.6) is 5.75 Å². The zero-order chi connectivity index (χ0) is 23.8. The van der Waals surface area contributed by atoms with E-state index in [1.807, 2.05) is 30.3 Å². The van der Waals surface area contributed by atoms with Gasteiger partial charge in [-0.15, -0.1) is 0 Å². The summed E-state index contributed by atoms with van der Waals surface area (Å²) in [7, 11) is 1.73. The highest BCUT2D eigenvalue weighted by Crippen LogP contribution is 2.17. The highest BCUT2D eigenvalue weighted by molar-refractivity contribution is 7.80. The Hall–Kier alpha value is -3.71. The first-order valence-corrected chi connectivity index (χ1v) is 11.0. The Morgan fingerprint density at radius 3 is 2.12 bits per heavy atom. The van der Waals surface area contributed by atoms with E-state index in [0.29, 0.717) is 35.1 Å². The zero-order valence-corrected chi connectivity index (χ0v) is 19.7. The fourth-order valence-corrected chi connectivity index (χ4v) is 3.17. The maximum atomic E-state index is 12.7. The first-order valence-electron chi connectivity index (χ1n) is 10.6. The van der Waals surface area contributed by atoms with E-state index in [-0.39, 0.29) is 16.9 Å². The average molecular weight is 462 g/mol. The summed E-state index contributed by atoms with van der Waals surface area (Å²) in [6.07, 6.45) is 0. The Bertz CT molecular complexity index is 1100. The van der Waals surface area contributed by atoms with E-state index < -0.39 is 0 Å². The van der Waals surface area contributed by atoms with Crippen LogP contribution in [0, 0.1) is 5.92 Å². The zero-order valence-electron chi connectivity index (χ0n) is 18.9. The number of rotatable bonds is 7. The van der Waals surface area contributed by atoms with Crippen molar-refractivity contribution in [2.45, 2.75) is 13.8 Å². The lowest BCUT2D eigenvalue weighted by Gasteiger charge is -2.17. The van der Waals surface area contributed by atoms with Crippen LogP contribution in [0.2, 0.25) is 0 Å². The molecule has 0 heterocycles. The van der Waals surface area contributed by atoms with Gasteiger partial charge in [0.25, 0.3) is 11.8 Å². The lowest BCUT2D eigenvalue weighted by molar-refractivity contribution is 0.0974. The van der Waals surface area contributed by atoms with Crippen molar-refractivity contribution in [2.24, 2.45) is 5.92 Å². The Morgan fingerprint density at radius 2 is 1.52 bits per heavy atom. The molecule has 0 radical (unpaired) electrons. The van der Waals surface area contributed by atoms with Gasteiger partial charge in [-0.1, -0.05) is 32.0 Å². The van der Waals surface area contributed by atoms with Crippen molar-refractivity contribution in [3.63, 3.8) is 0 Å². The number of ether oxygens (including phenoxy) is 1. The SMILES string of the molecule is CC(C)COc1ccc(C(=O)NC(=S)Nc2ccc(C(=O)N(C)c3ccccc3)cc2)cc1. The second-order valence-electron chi connectivity index (χ2n) is 7.91. The maximum absolute atomic E-state index is 12.7. The number of carbonyl (C=O) groups excluding carboxylic acids is 2. The van der Waals surface area contributed by atoms with Gasteiger partial charge in [0.1, 0.15) is 5.75 Å². The fourth-order valence-electron chi connectivity index (χ4n) is 2.96. The van der Waals surface area contributed by atoms with Gasteiger partial charge in [-0.25, -0.2) is 0 Å². The number of hydrogen-bond acceptors (Lipinski definition) is 4. The molecule has 0 aliphatic rings. The van der Waals surface area contributed by atoms with E-state index >= 15 is 0 Å². The van der Waals surface area contributed by atoms with Crippen LogP contribution in [0.4, 0.5) is 11.4 Å². The molecule has 33 heavy (non-hydrogen) atoms. The molecule has 0 aliphatic carbocycles. The highest BCUT2D eigenvalue weighted by Gasteiger charge is 2.13. The van der Waals surface area contributed by atoms with Gasteiger partial charge in [-0.05, 0) is 78.8 Å². The van der Waals surface area contributed by atoms with Gasteiger partial charge < -0.3 is 15.0 Å². The number of nitrogens with one attached hydrogen (secondary N) is 2.